The Bertz CT molecular complexity index is 629. The van der Waals surface area contributed by atoms with Gasteiger partial charge in [-0.05, 0) is 69.2 Å². The first-order valence-corrected chi connectivity index (χ1v) is 9.64. The lowest BCUT2D eigenvalue weighted by molar-refractivity contribution is -0.148. The Morgan fingerprint density at radius 2 is 1.78 bits per heavy atom. The highest BCUT2D eigenvalue weighted by molar-refractivity contribution is 5.75. The molecule has 0 aromatic heterocycles. The van der Waals surface area contributed by atoms with Crippen molar-refractivity contribution in [2.45, 2.75) is 50.7 Å². The van der Waals surface area contributed by atoms with Gasteiger partial charge < -0.3 is 10.6 Å². The maximum absolute atomic E-state index is 12.4. The average Bonchev–Trinajstić information content (AvgIpc) is 2.90. The van der Waals surface area contributed by atoms with E-state index in [1.807, 2.05) is 12.1 Å². The number of nitrogens with one attached hydrogen (secondary N) is 2. The molecule has 150 valence electrons. The van der Waals surface area contributed by atoms with E-state index in [1.165, 1.54) is 16.0 Å². The lowest BCUT2D eigenvalue weighted by atomic mass is 9.93. The number of rotatable bonds is 5. The van der Waals surface area contributed by atoms with Crippen LogP contribution in [0, 0.1) is 5.92 Å². The van der Waals surface area contributed by atoms with Crippen molar-refractivity contribution in [2.24, 2.45) is 5.92 Å². The summed E-state index contributed by atoms with van der Waals surface area (Å²) in [6, 6.07) is 8.08. The lowest BCUT2D eigenvalue weighted by Gasteiger charge is -2.32. The van der Waals surface area contributed by atoms with Gasteiger partial charge in [-0.25, -0.2) is 4.79 Å². The number of fused-ring (bicyclic) bond motifs is 1. The summed E-state index contributed by atoms with van der Waals surface area (Å²) in [5.41, 5.74) is 2.30. The van der Waals surface area contributed by atoms with E-state index in [4.69, 9.17) is 0 Å². The van der Waals surface area contributed by atoms with Gasteiger partial charge in [-0.3, -0.25) is 4.90 Å². The first-order valence-electron chi connectivity index (χ1n) is 9.64. The molecule has 7 heteroatoms. The van der Waals surface area contributed by atoms with Crippen LogP contribution in [0.25, 0.3) is 0 Å². The van der Waals surface area contributed by atoms with Crippen molar-refractivity contribution in [1.29, 1.82) is 0 Å². The largest absolute Gasteiger partial charge is 0.401 e. The number of hydrogen-bond donors (Lipinski definition) is 2. The summed E-state index contributed by atoms with van der Waals surface area (Å²) in [5, 5.41) is 6.00. The number of halogens is 3. The van der Waals surface area contributed by atoms with Gasteiger partial charge in [0.15, 0.2) is 0 Å². The molecule has 3 rings (SSSR count). The molecule has 2 N–H and O–H groups in total. The summed E-state index contributed by atoms with van der Waals surface area (Å²) in [7, 11) is 0. The van der Waals surface area contributed by atoms with Crippen LogP contribution in [0.2, 0.25) is 0 Å². The number of nitrogens with zero attached hydrogens (tertiary/aromatic N) is 1. The molecule has 1 heterocycles. The van der Waals surface area contributed by atoms with Crippen molar-refractivity contribution >= 4 is 6.03 Å². The van der Waals surface area contributed by atoms with Crippen molar-refractivity contribution in [3.8, 4) is 0 Å². The number of carbonyl (C=O) groups is 1. The van der Waals surface area contributed by atoms with Gasteiger partial charge in [0.25, 0.3) is 0 Å². The SMILES string of the molecule is CC1(NC(=O)NCCC2CCN(CC(F)(F)F)CC2)Cc2ccccc2C1. The van der Waals surface area contributed by atoms with Crippen LogP contribution in [0.15, 0.2) is 24.3 Å². The molecular weight excluding hydrogens is 355 g/mol. The Morgan fingerprint density at radius 3 is 2.33 bits per heavy atom. The van der Waals surface area contributed by atoms with Crippen molar-refractivity contribution in [3.63, 3.8) is 0 Å². The molecule has 0 radical (unpaired) electrons. The monoisotopic (exact) mass is 383 g/mol. The number of benzene rings is 1. The molecule has 1 aromatic rings. The highest BCUT2D eigenvalue weighted by atomic mass is 19.4. The van der Waals surface area contributed by atoms with Crippen LogP contribution in [0.5, 0.6) is 0 Å². The highest BCUT2D eigenvalue weighted by Crippen LogP contribution is 2.29. The van der Waals surface area contributed by atoms with Crippen LogP contribution in [0.3, 0.4) is 0 Å². The molecule has 4 nitrogen and oxygen atoms in total. The van der Waals surface area contributed by atoms with Crippen LogP contribution in [0.4, 0.5) is 18.0 Å². The fourth-order valence-corrected chi connectivity index (χ4v) is 4.29. The van der Waals surface area contributed by atoms with E-state index in [2.05, 4.69) is 29.7 Å². The van der Waals surface area contributed by atoms with Gasteiger partial charge in [0.2, 0.25) is 0 Å². The third-order valence-corrected chi connectivity index (χ3v) is 5.64. The molecular formula is C20H28F3N3O. The zero-order chi connectivity index (χ0) is 19.5. The van der Waals surface area contributed by atoms with Crippen LogP contribution >= 0.6 is 0 Å². The van der Waals surface area contributed by atoms with Crippen molar-refractivity contribution in [1.82, 2.24) is 15.5 Å². The molecule has 1 aromatic carbocycles. The van der Waals surface area contributed by atoms with E-state index in [0.29, 0.717) is 25.6 Å². The summed E-state index contributed by atoms with van der Waals surface area (Å²) < 4.78 is 37.3. The summed E-state index contributed by atoms with van der Waals surface area (Å²) in [6.45, 7) is 2.75. The molecule has 0 atom stereocenters. The predicted molar refractivity (Wildman–Crippen MR) is 98.6 cm³/mol. The van der Waals surface area contributed by atoms with Gasteiger partial charge in [-0.1, -0.05) is 24.3 Å². The minimum absolute atomic E-state index is 0.167. The normalized spacial score (nSPS) is 20.3. The minimum Gasteiger partial charge on any atom is -0.338 e. The standard InChI is InChI=1S/C20H28F3N3O/c1-19(12-16-4-2-3-5-17(16)13-19)25-18(27)24-9-6-15-7-10-26(11-8-15)14-20(21,22)23/h2-5,15H,6-14H2,1H3,(H2,24,25,27). The van der Waals surface area contributed by atoms with E-state index in [9.17, 15) is 18.0 Å². The summed E-state index contributed by atoms with van der Waals surface area (Å²) in [6.07, 6.45) is -0.145. The van der Waals surface area contributed by atoms with E-state index in [-0.39, 0.29) is 11.6 Å². The second-order valence-electron chi connectivity index (χ2n) is 8.19. The van der Waals surface area contributed by atoms with Crippen LogP contribution in [-0.4, -0.2) is 48.8 Å². The number of likely N-dealkylation sites (tertiary alicyclic amines) is 1. The molecule has 1 saturated heterocycles. The number of urea groups is 1. The molecule has 0 saturated carbocycles. The van der Waals surface area contributed by atoms with Crippen molar-refractivity contribution in [2.75, 3.05) is 26.2 Å². The third kappa shape index (κ3) is 5.86. The van der Waals surface area contributed by atoms with Crippen LogP contribution in [0.1, 0.15) is 37.3 Å². The Labute approximate surface area is 158 Å². The molecule has 1 aliphatic carbocycles. The fraction of sp³-hybridized carbons (Fsp3) is 0.650. The molecule has 2 amide bonds. The molecule has 2 aliphatic rings. The molecule has 0 bridgehead atoms. The molecule has 0 unspecified atom stereocenters. The molecule has 1 aliphatic heterocycles. The average molecular weight is 383 g/mol. The lowest BCUT2D eigenvalue weighted by Crippen LogP contribution is -2.51. The minimum atomic E-state index is -4.12. The quantitative estimate of drug-likeness (QED) is 0.817. The van der Waals surface area contributed by atoms with Crippen LogP contribution in [-0.2, 0) is 12.8 Å². The zero-order valence-electron chi connectivity index (χ0n) is 15.7. The number of alkyl halides is 3. The maximum Gasteiger partial charge on any atom is 0.401 e. The Kier molecular flexibility index (Phi) is 5.99. The van der Waals surface area contributed by atoms with Gasteiger partial charge in [0, 0.05) is 12.1 Å². The number of piperidine rings is 1. The van der Waals surface area contributed by atoms with E-state index >= 15 is 0 Å². The number of hydrogen-bond acceptors (Lipinski definition) is 2. The Hall–Kier alpha value is -1.76. The van der Waals surface area contributed by atoms with E-state index in [0.717, 1.165) is 32.1 Å². The maximum atomic E-state index is 12.4. The van der Waals surface area contributed by atoms with Gasteiger partial charge in [0.05, 0.1) is 6.54 Å². The fourth-order valence-electron chi connectivity index (χ4n) is 4.29. The molecule has 0 spiro atoms. The van der Waals surface area contributed by atoms with E-state index in [1.54, 1.807) is 0 Å². The summed E-state index contributed by atoms with van der Waals surface area (Å²) >= 11 is 0. The van der Waals surface area contributed by atoms with Crippen molar-refractivity contribution in [3.05, 3.63) is 35.4 Å². The van der Waals surface area contributed by atoms with Gasteiger partial charge in [0.1, 0.15) is 0 Å². The first kappa shape index (κ1) is 20.0. The Morgan fingerprint density at radius 1 is 1.19 bits per heavy atom. The predicted octanol–water partition coefficient (Wildman–Crippen LogP) is 3.51. The van der Waals surface area contributed by atoms with Crippen molar-refractivity contribution < 1.29 is 18.0 Å². The number of carbonyl (C=O) groups excluding carboxylic acids is 1. The first-order chi connectivity index (χ1) is 12.7. The van der Waals surface area contributed by atoms with Gasteiger partial charge >= 0.3 is 12.2 Å². The molecule has 1 fully saturated rings. The topological polar surface area (TPSA) is 44.4 Å². The second-order valence-corrected chi connectivity index (χ2v) is 8.19. The van der Waals surface area contributed by atoms with Crippen LogP contribution < -0.4 is 10.6 Å². The smallest absolute Gasteiger partial charge is 0.338 e. The molecule has 27 heavy (non-hydrogen) atoms. The van der Waals surface area contributed by atoms with Gasteiger partial charge in [-0.15, -0.1) is 0 Å². The second kappa shape index (κ2) is 8.09. The third-order valence-electron chi connectivity index (χ3n) is 5.64. The zero-order valence-corrected chi connectivity index (χ0v) is 15.7. The highest BCUT2D eigenvalue weighted by Gasteiger charge is 2.34. The summed E-state index contributed by atoms with van der Waals surface area (Å²) in [4.78, 5) is 13.7. The number of amides is 2. The van der Waals surface area contributed by atoms with E-state index < -0.39 is 12.7 Å². The Balaban J connectivity index is 1.34. The van der Waals surface area contributed by atoms with Gasteiger partial charge in [-0.2, -0.15) is 13.2 Å². The summed E-state index contributed by atoms with van der Waals surface area (Å²) in [5.74, 6) is 0.376.